The molecule has 0 radical (unpaired) electrons. The summed E-state index contributed by atoms with van der Waals surface area (Å²) in [4.78, 5) is 4.54. The Morgan fingerprint density at radius 1 is 1.27 bits per heavy atom. The maximum atomic E-state index is 5.50. The molecule has 0 aliphatic heterocycles. The molecule has 3 N–H and O–H groups in total. The van der Waals surface area contributed by atoms with Gasteiger partial charge in [-0.1, -0.05) is 24.3 Å². The third-order valence-corrected chi connectivity index (χ3v) is 1.98. The van der Waals surface area contributed by atoms with E-state index in [4.69, 9.17) is 5.84 Å². The number of aryl methyl sites for hydroxylation is 1. The molecule has 0 aliphatic carbocycles. The molecule has 82 valence electrons. The minimum absolute atomic E-state index is 0.135. The van der Waals surface area contributed by atoms with Crippen LogP contribution in [0.1, 0.15) is 31.9 Å². The summed E-state index contributed by atoms with van der Waals surface area (Å²) >= 11 is 0. The minimum Gasteiger partial charge on any atom is -0.308 e. The van der Waals surface area contributed by atoms with Crippen molar-refractivity contribution in [2.24, 2.45) is 10.8 Å². The lowest BCUT2D eigenvalue weighted by molar-refractivity contribution is 0.580. The fraction of sp³-hybridized carbons (Fsp3) is 0.417. The summed E-state index contributed by atoms with van der Waals surface area (Å²) in [5.74, 6) is 6.24. The molecule has 0 aliphatic rings. The van der Waals surface area contributed by atoms with E-state index in [9.17, 15) is 0 Å². The molecule has 0 bridgehead atoms. The standard InChI is InChI=1S/C12H19N3/c1-9-7-5-6-8-10(9)11(15-13)14-12(2,3)4/h5-8H,13H2,1-4H3,(H,14,15). The number of hydrogen-bond acceptors (Lipinski definition) is 2. The van der Waals surface area contributed by atoms with E-state index < -0.39 is 0 Å². The molecule has 0 amide bonds. The molecule has 0 saturated carbocycles. The van der Waals surface area contributed by atoms with Crippen LogP contribution in [0.3, 0.4) is 0 Å². The van der Waals surface area contributed by atoms with Gasteiger partial charge in [-0.25, -0.2) is 5.84 Å². The Balaban J connectivity index is 3.14. The Hall–Kier alpha value is -1.35. The molecule has 0 saturated heterocycles. The van der Waals surface area contributed by atoms with Gasteiger partial charge in [-0.15, -0.1) is 0 Å². The Morgan fingerprint density at radius 2 is 1.87 bits per heavy atom. The molecule has 0 unspecified atom stereocenters. The highest BCUT2D eigenvalue weighted by Gasteiger charge is 2.11. The topological polar surface area (TPSA) is 50.4 Å². The highest BCUT2D eigenvalue weighted by molar-refractivity contribution is 5.99. The van der Waals surface area contributed by atoms with Crippen molar-refractivity contribution >= 4 is 5.84 Å². The number of aliphatic imine (C=N–C) groups is 1. The summed E-state index contributed by atoms with van der Waals surface area (Å²) in [6.07, 6.45) is 0. The maximum absolute atomic E-state index is 5.50. The minimum atomic E-state index is -0.135. The summed E-state index contributed by atoms with van der Waals surface area (Å²) in [7, 11) is 0. The number of hydrogen-bond donors (Lipinski definition) is 2. The van der Waals surface area contributed by atoms with Crippen molar-refractivity contribution in [1.29, 1.82) is 0 Å². The number of rotatable bonds is 1. The highest BCUT2D eigenvalue weighted by Crippen LogP contribution is 2.12. The number of nitrogens with one attached hydrogen (secondary N) is 1. The zero-order chi connectivity index (χ0) is 11.5. The van der Waals surface area contributed by atoms with Gasteiger partial charge in [0.25, 0.3) is 0 Å². The zero-order valence-electron chi connectivity index (χ0n) is 9.83. The van der Waals surface area contributed by atoms with Gasteiger partial charge in [0.2, 0.25) is 0 Å². The van der Waals surface area contributed by atoms with E-state index >= 15 is 0 Å². The fourth-order valence-electron chi connectivity index (χ4n) is 1.34. The Morgan fingerprint density at radius 3 is 2.33 bits per heavy atom. The number of benzene rings is 1. The number of hydrazine groups is 1. The Labute approximate surface area is 91.4 Å². The molecule has 0 atom stereocenters. The molecule has 15 heavy (non-hydrogen) atoms. The third-order valence-electron chi connectivity index (χ3n) is 1.98. The van der Waals surface area contributed by atoms with Crippen molar-refractivity contribution in [1.82, 2.24) is 5.43 Å². The predicted octanol–water partition coefficient (Wildman–Crippen LogP) is 2.00. The van der Waals surface area contributed by atoms with Gasteiger partial charge in [0.15, 0.2) is 0 Å². The molecule has 0 fully saturated rings. The smallest absolute Gasteiger partial charge is 0.143 e. The van der Waals surface area contributed by atoms with Gasteiger partial charge >= 0.3 is 0 Å². The lowest BCUT2D eigenvalue weighted by atomic mass is 10.1. The van der Waals surface area contributed by atoms with Gasteiger partial charge < -0.3 is 5.43 Å². The van der Waals surface area contributed by atoms with Crippen LogP contribution in [0.15, 0.2) is 29.3 Å². The quantitative estimate of drug-likeness (QED) is 0.319. The van der Waals surface area contributed by atoms with E-state index in [1.165, 1.54) is 5.56 Å². The van der Waals surface area contributed by atoms with Crippen LogP contribution in [0.25, 0.3) is 0 Å². The SMILES string of the molecule is Cc1ccccc1C(=NC(C)(C)C)NN. The molecule has 0 heterocycles. The Kier molecular flexibility index (Phi) is 3.48. The first-order valence-electron chi connectivity index (χ1n) is 5.06. The molecular weight excluding hydrogens is 186 g/mol. The first-order chi connectivity index (χ1) is 6.94. The van der Waals surface area contributed by atoms with Gasteiger partial charge in [-0.05, 0) is 33.3 Å². The first-order valence-corrected chi connectivity index (χ1v) is 5.06. The van der Waals surface area contributed by atoms with Gasteiger partial charge in [-0.2, -0.15) is 0 Å². The second kappa shape index (κ2) is 4.45. The lowest BCUT2D eigenvalue weighted by Gasteiger charge is -2.16. The van der Waals surface area contributed by atoms with Crippen LogP contribution in [0.4, 0.5) is 0 Å². The molecule has 1 rings (SSSR count). The van der Waals surface area contributed by atoms with Crippen molar-refractivity contribution in [3.63, 3.8) is 0 Å². The predicted molar refractivity (Wildman–Crippen MR) is 64.8 cm³/mol. The lowest BCUT2D eigenvalue weighted by Crippen LogP contribution is -2.34. The summed E-state index contributed by atoms with van der Waals surface area (Å²) in [6, 6.07) is 8.05. The average molecular weight is 205 g/mol. The number of amidine groups is 1. The fourth-order valence-corrected chi connectivity index (χ4v) is 1.34. The van der Waals surface area contributed by atoms with Gasteiger partial charge in [0.1, 0.15) is 5.84 Å². The van der Waals surface area contributed by atoms with E-state index in [0.29, 0.717) is 0 Å². The van der Waals surface area contributed by atoms with E-state index in [2.05, 4.69) is 10.4 Å². The van der Waals surface area contributed by atoms with Crippen LogP contribution in [0, 0.1) is 6.92 Å². The maximum Gasteiger partial charge on any atom is 0.143 e. The second-order valence-electron chi connectivity index (χ2n) is 4.59. The zero-order valence-corrected chi connectivity index (χ0v) is 9.83. The van der Waals surface area contributed by atoms with Crippen molar-refractivity contribution in [3.8, 4) is 0 Å². The van der Waals surface area contributed by atoms with Crippen LogP contribution >= 0.6 is 0 Å². The molecule has 0 spiro atoms. The summed E-state index contributed by atoms with van der Waals surface area (Å²) in [5, 5.41) is 0. The first kappa shape index (κ1) is 11.7. The number of nitrogens with zero attached hydrogens (tertiary/aromatic N) is 1. The molecule has 1 aromatic rings. The van der Waals surface area contributed by atoms with Crippen molar-refractivity contribution in [2.45, 2.75) is 33.2 Å². The van der Waals surface area contributed by atoms with E-state index in [0.717, 1.165) is 11.4 Å². The van der Waals surface area contributed by atoms with Crippen LogP contribution in [-0.2, 0) is 0 Å². The molecular formula is C12H19N3. The van der Waals surface area contributed by atoms with Crippen LogP contribution < -0.4 is 11.3 Å². The van der Waals surface area contributed by atoms with Crippen molar-refractivity contribution in [2.75, 3.05) is 0 Å². The van der Waals surface area contributed by atoms with Gasteiger partial charge in [0, 0.05) is 5.56 Å². The second-order valence-corrected chi connectivity index (χ2v) is 4.59. The highest BCUT2D eigenvalue weighted by atomic mass is 15.3. The molecule has 3 nitrogen and oxygen atoms in total. The van der Waals surface area contributed by atoms with Crippen LogP contribution in [0.5, 0.6) is 0 Å². The monoisotopic (exact) mass is 205 g/mol. The summed E-state index contributed by atoms with van der Waals surface area (Å²) < 4.78 is 0. The average Bonchev–Trinajstić information content (AvgIpc) is 2.14. The number of nitrogens with two attached hydrogens (primary N) is 1. The van der Waals surface area contributed by atoms with E-state index in [-0.39, 0.29) is 5.54 Å². The summed E-state index contributed by atoms with van der Waals surface area (Å²) in [5.41, 5.74) is 4.75. The summed E-state index contributed by atoms with van der Waals surface area (Å²) in [6.45, 7) is 8.18. The van der Waals surface area contributed by atoms with E-state index in [1.807, 2.05) is 52.0 Å². The molecule has 1 aromatic carbocycles. The normalized spacial score (nSPS) is 12.7. The van der Waals surface area contributed by atoms with E-state index in [1.54, 1.807) is 0 Å². The largest absolute Gasteiger partial charge is 0.308 e. The van der Waals surface area contributed by atoms with Crippen molar-refractivity contribution in [3.05, 3.63) is 35.4 Å². The van der Waals surface area contributed by atoms with Gasteiger partial charge in [0.05, 0.1) is 5.54 Å². The molecule has 3 heteroatoms. The third kappa shape index (κ3) is 3.36. The Bertz CT molecular complexity index is 361. The van der Waals surface area contributed by atoms with Crippen molar-refractivity contribution < 1.29 is 0 Å². The molecule has 0 aromatic heterocycles. The van der Waals surface area contributed by atoms with Crippen LogP contribution in [-0.4, -0.2) is 11.4 Å². The van der Waals surface area contributed by atoms with Gasteiger partial charge in [-0.3, -0.25) is 4.99 Å². The van der Waals surface area contributed by atoms with Crippen LogP contribution in [0.2, 0.25) is 0 Å².